The first-order valence-corrected chi connectivity index (χ1v) is 9.47. The fourth-order valence-electron chi connectivity index (χ4n) is 2.24. The number of carbonyl (C=O) groups is 2. The number of rotatable bonds is 7. The Balaban J connectivity index is 1.97. The lowest BCUT2D eigenvalue weighted by Gasteiger charge is -2.24. The van der Waals surface area contributed by atoms with Gasteiger partial charge in [-0.15, -0.1) is 0 Å². The predicted octanol–water partition coefficient (Wildman–Crippen LogP) is 5.10. The van der Waals surface area contributed by atoms with Gasteiger partial charge in [-0.05, 0) is 56.7 Å². The maximum absolute atomic E-state index is 13.0. The van der Waals surface area contributed by atoms with Gasteiger partial charge in [0.05, 0.1) is 27.8 Å². The molecule has 150 valence electrons. The zero-order valence-corrected chi connectivity index (χ0v) is 17.3. The first-order valence-electron chi connectivity index (χ1n) is 8.72. The summed E-state index contributed by atoms with van der Waals surface area (Å²) in [5.74, 6) is -1.11. The molecule has 0 aliphatic heterocycles. The minimum absolute atomic E-state index is 0.0571. The Labute approximate surface area is 173 Å². The van der Waals surface area contributed by atoms with Gasteiger partial charge in [0.1, 0.15) is 5.82 Å². The highest BCUT2D eigenvalue weighted by atomic mass is 35.5. The molecule has 2 aromatic rings. The van der Waals surface area contributed by atoms with E-state index in [1.165, 1.54) is 12.1 Å². The molecule has 28 heavy (non-hydrogen) atoms. The minimum Gasteiger partial charge on any atom is -0.376 e. The fraction of sp³-hybridized carbons (Fsp3) is 0.300. The molecule has 0 radical (unpaired) electrons. The second-order valence-corrected chi connectivity index (χ2v) is 7.73. The van der Waals surface area contributed by atoms with E-state index in [2.05, 4.69) is 16.0 Å². The second-order valence-electron chi connectivity index (χ2n) is 6.91. The SMILES string of the molecule is CCC(C)(C)NC(=O)c1ccc(NCC(=O)Nc2ccc(F)cc2Cl)cc1Cl. The lowest BCUT2D eigenvalue weighted by molar-refractivity contribution is -0.114. The van der Waals surface area contributed by atoms with Crippen LogP contribution in [0.2, 0.25) is 10.0 Å². The molecule has 0 aromatic heterocycles. The molecule has 2 rings (SSSR count). The van der Waals surface area contributed by atoms with Crippen LogP contribution in [0.3, 0.4) is 0 Å². The van der Waals surface area contributed by atoms with Gasteiger partial charge in [0.2, 0.25) is 5.91 Å². The van der Waals surface area contributed by atoms with Crippen LogP contribution in [0, 0.1) is 5.82 Å². The molecule has 0 bridgehead atoms. The number of halogens is 3. The summed E-state index contributed by atoms with van der Waals surface area (Å²) in [6, 6.07) is 8.55. The molecule has 0 heterocycles. The highest BCUT2D eigenvalue weighted by Gasteiger charge is 2.20. The average Bonchev–Trinajstić information content (AvgIpc) is 2.62. The summed E-state index contributed by atoms with van der Waals surface area (Å²) < 4.78 is 13.0. The van der Waals surface area contributed by atoms with E-state index in [1.807, 2.05) is 20.8 Å². The molecule has 0 unspecified atom stereocenters. The van der Waals surface area contributed by atoms with Crippen LogP contribution >= 0.6 is 23.2 Å². The van der Waals surface area contributed by atoms with Gasteiger partial charge < -0.3 is 16.0 Å². The van der Waals surface area contributed by atoms with Gasteiger partial charge in [0, 0.05) is 11.2 Å². The first-order chi connectivity index (χ1) is 13.1. The maximum atomic E-state index is 13.0. The van der Waals surface area contributed by atoms with Crippen molar-refractivity contribution in [2.24, 2.45) is 0 Å². The standard InChI is InChI=1S/C20H22Cl2FN3O2/c1-4-20(2,3)26-19(28)14-7-6-13(10-15(14)21)24-11-18(27)25-17-8-5-12(23)9-16(17)22/h5-10,24H,4,11H2,1-3H3,(H,25,27)(H,26,28). The number of carbonyl (C=O) groups excluding carboxylic acids is 2. The lowest BCUT2D eigenvalue weighted by atomic mass is 10.0. The summed E-state index contributed by atoms with van der Waals surface area (Å²) in [5.41, 5.74) is 0.920. The molecule has 0 aliphatic carbocycles. The number of anilines is 2. The Kier molecular flexibility index (Phi) is 7.27. The normalized spacial score (nSPS) is 11.1. The predicted molar refractivity (Wildman–Crippen MR) is 112 cm³/mol. The van der Waals surface area contributed by atoms with E-state index in [1.54, 1.807) is 18.2 Å². The van der Waals surface area contributed by atoms with Gasteiger partial charge in [-0.1, -0.05) is 30.1 Å². The molecule has 0 spiro atoms. The molecule has 5 nitrogen and oxygen atoms in total. The highest BCUT2D eigenvalue weighted by Crippen LogP contribution is 2.23. The number of amides is 2. The minimum atomic E-state index is -0.484. The Bertz CT molecular complexity index is 888. The molecule has 2 aromatic carbocycles. The summed E-state index contributed by atoms with van der Waals surface area (Å²) in [5, 5.41) is 8.81. The van der Waals surface area contributed by atoms with Crippen molar-refractivity contribution in [3.05, 3.63) is 57.8 Å². The first kappa shape index (κ1) is 22.0. The van der Waals surface area contributed by atoms with Gasteiger partial charge >= 0.3 is 0 Å². The van der Waals surface area contributed by atoms with Crippen molar-refractivity contribution in [2.75, 3.05) is 17.2 Å². The molecular formula is C20H22Cl2FN3O2. The summed E-state index contributed by atoms with van der Waals surface area (Å²) in [4.78, 5) is 24.4. The van der Waals surface area contributed by atoms with Gasteiger partial charge in [-0.3, -0.25) is 9.59 Å². The van der Waals surface area contributed by atoms with E-state index < -0.39 is 5.82 Å². The van der Waals surface area contributed by atoms with E-state index in [-0.39, 0.29) is 33.9 Å². The van der Waals surface area contributed by atoms with Crippen molar-refractivity contribution in [2.45, 2.75) is 32.7 Å². The summed E-state index contributed by atoms with van der Waals surface area (Å²) in [7, 11) is 0. The average molecular weight is 426 g/mol. The van der Waals surface area contributed by atoms with E-state index in [4.69, 9.17) is 23.2 Å². The van der Waals surface area contributed by atoms with Crippen LogP contribution in [0.5, 0.6) is 0 Å². The quantitative estimate of drug-likeness (QED) is 0.577. The van der Waals surface area contributed by atoms with Gasteiger partial charge in [0.15, 0.2) is 0 Å². The van der Waals surface area contributed by atoms with Gasteiger partial charge in [-0.2, -0.15) is 0 Å². The molecule has 0 aliphatic rings. The van der Waals surface area contributed by atoms with Crippen LogP contribution < -0.4 is 16.0 Å². The summed E-state index contributed by atoms with van der Waals surface area (Å²) >= 11 is 12.1. The molecule has 0 atom stereocenters. The van der Waals surface area contributed by atoms with Crippen molar-refractivity contribution in [3.8, 4) is 0 Å². The molecular weight excluding hydrogens is 404 g/mol. The third-order valence-corrected chi connectivity index (χ3v) is 4.83. The number of hydrogen-bond acceptors (Lipinski definition) is 3. The zero-order chi connectivity index (χ0) is 20.9. The molecule has 8 heteroatoms. The van der Waals surface area contributed by atoms with Gasteiger partial charge in [0.25, 0.3) is 5.91 Å². The topological polar surface area (TPSA) is 70.2 Å². The largest absolute Gasteiger partial charge is 0.376 e. The van der Waals surface area contributed by atoms with Crippen LogP contribution in [-0.2, 0) is 4.79 Å². The van der Waals surface area contributed by atoms with Crippen molar-refractivity contribution < 1.29 is 14.0 Å². The van der Waals surface area contributed by atoms with Crippen LogP contribution in [0.4, 0.5) is 15.8 Å². The second kappa shape index (κ2) is 9.26. The molecule has 0 saturated carbocycles. The Morgan fingerprint density at radius 3 is 2.39 bits per heavy atom. The Morgan fingerprint density at radius 2 is 1.79 bits per heavy atom. The van der Waals surface area contributed by atoms with Crippen LogP contribution in [-0.4, -0.2) is 23.9 Å². The van der Waals surface area contributed by atoms with E-state index in [0.29, 0.717) is 16.9 Å². The van der Waals surface area contributed by atoms with E-state index >= 15 is 0 Å². The monoisotopic (exact) mass is 425 g/mol. The smallest absolute Gasteiger partial charge is 0.253 e. The molecule has 2 amide bonds. The summed E-state index contributed by atoms with van der Waals surface area (Å²) in [6.45, 7) is 5.79. The maximum Gasteiger partial charge on any atom is 0.253 e. The number of nitrogens with one attached hydrogen (secondary N) is 3. The fourth-order valence-corrected chi connectivity index (χ4v) is 2.72. The van der Waals surface area contributed by atoms with Crippen molar-refractivity contribution in [1.82, 2.24) is 5.32 Å². The van der Waals surface area contributed by atoms with E-state index in [9.17, 15) is 14.0 Å². The van der Waals surface area contributed by atoms with Crippen LogP contribution in [0.15, 0.2) is 36.4 Å². The Hall–Kier alpha value is -2.31. The van der Waals surface area contributed by atoms with Crippen LogP contribution in [0.25, 0.3) is 0 Å². The third-order valence-electron chi connectivity index (χ3n) is 4.21. The van der Waals surface area contributed by atoms with E-state index in [0.717, 1.165) is 12.5 Å². The number of benzene rings is 2. The van der Waals surface area contributed by atoms with Crippen molar-refractivity contribution >= 4 is 46.4 Å². The van der Waals surface area contributed by atoms with Crippen LogP contribution in [0.1, 0.15) is 37.6 Å². The molecule has 3 N–H and O–H groups in total. The zero-order valence-electron chi connectivity index (χ0n) is 15.8. The highest BCUT2D eigenvalue weighted by molar-refractivity contribution is 6.34. The summed E-state index contributed by atoms with van der Waals surface area (Å²) in [6.07, 6.45) is 0.781. The third kappa shape index (κ3) is 6.11. The van der Waals surface area contributed by atoms with Crippen molar-refractivity contribution in [3.63, 3.8) is 0 Å². The molecule has 0 saturated heterocycles. The Morgan fingerprint density at radius 1 is 1.07 bits per heavy atom. The lowest BCUT2D eigenvalue weighted by Crippen LogP contribution is -2.42. The van der Waals surface area contributed by atoms with Gasteiger partial charge in [-0.25, -0.2) is 4.39 Å². The van der Waals surface area contributed by atoms with Crippen molar-refractivity contribution in [1.29, 1.82) is 0 Å². The molecule has 0 fully saturated rings. The number of hydrogen-bond donors (Lipinski definition) is 3.